The van der Waals surface area contributed by atoms with Gasteiger partial charge in [-0.15, -0.1) is 0 Å². The molecule has 0 saturated heterocycles. The van der Waals surface area contributed by atoms with Gasteiger partial charge in [-0.1, -0.05) is 112 Å². The van der Waals surface area contributed by atoms with Gasteiger partial charge in [0.05, 0.1) is 24.2 Å². The summed E-state index contributed by atoms with van der Waals surface area (Å²) in [5, 5.41) is 13.4. The third kappa shape index (κ3) is 5.40. The van der Waals surface area contributed by atoms with Crippen molar-refractivity contribution < 1.29 is 21.2 Å². The van der Waals surface area contributed by atoms with Crippen LogP contribution in [0.1, 0.15) is 0 Å². The van der Waals surface area contributed by atoms with Gasteiger partial charge in [0.1, 0.15) is 0 Å². The average molecular weight is 648 g/mol. The Balaban J connectivity index is 1.87. The van der Waals surface area contributed by atoms with E-state index in [2.05, 4.69) is 138 Å². The Kier molecular flexibility index (Phi) is 6.87. The lowest BCUT2D eigenvalue weighted by Crippen LogP contribution is -3.62. The summed E-state index contributed by atoms with van der Waals surface area (Å²) in [6.07, 6.45) is 0. The van der Waals surface area contributed by atoms with Crippen LogP contribution in [-0.4, -0.2) is 24.2 Å². The number of halogens is 1. The molecule has 0 spiro atoms. The molecule has 5 aromatic rings. The molecular weight excluding hydrogens is 608 g/mol. The molecule has 0 fully saturated rings. The highest BCUT2D eigenvalue weighted by atomic mass is 127. The molecule has 0 unspecified atom stereocenters. The first-order chi connectivity index (χ1) is 17.2. The molecule has 0 aliphatic carbocycles. The van der Waals surface area contributed by atoms with Crippen LogP contribution in [-0.2, 0) is 0 Å². The molecule has 0 saturated carbocycles. The van der Waals surface area contributed by atoms with Crippen LogP contribution in [0.25, 0.3) is 32.3 Å². The Labute approximate surface area is 236 Å². The molecule has 4 heteroatoms. The van der Waals surface area contributed by atoms with Crippen molar-refractivity contribution in [3.8, 4) is 0 Å². The summed E-state index contributed by atoms with van der Waals surface area (Å²) in [5.74, 6) is 0. The molecule has 5 aromatic carbocycles. The van der Waals surface area contributed by atoms with Gasteiger partial charge in [-0.3, -0.25) is 0 Å². The molecule has 5 rings (SSSR count). The van der Waals surface area contributed by atoms with Crippen molar-refractivity contribution in [3.63, 3.8) is 0 Å². The van der Waals surface area contributed by atoms with Crippen molar-refractivity contribution in [1.29, 1.82) is 0 Å². The van der Waals surface area contributed by atoms with Crippen molar-refractivity contribution >= 4 is 72.1 Å². The minimum absolute atomic E-state index is 0.277. The fraction of sp³-hybridized carbons (Fsp3) is 0.273. The molecule has 190 valence electrons. The van der Waals surface area contributed by atoms with E-state index in [-0.39, 0.29) is 21.2 Å². The minimum atomic E-state index is -1.58. The topological polar surface area (TPSA) is 0 Å². The van der Waals surface area contributed by atoms with Crippen molar-refractivity contribution in [1.82, 2.24) is 0 Å². The van der Waals surface area contributed by atoms with Gasteiger partial charge < -0.3 is 0 Å². The molecule has 0 N–H and O–H groups in total. The van der Waals surface area contributed by atoms with Crippen LogP contribution < -0.4 is 36.8 Å². The van der Waals surface area contributed by atoms with Gasteiger partial charge in [0.2, 0.25) is 3.57 Å². The first-order valence-electron chi connectivity index (χ1n) is 13.4. The predicted molar refractivity (Wildman–Crippen MR) is 172 cm³/mol. The zero-order valence-corrected chi connectivity index (χ0v) is 29.0. The van der Waals surface area contributed by atoms with Crippen LogP contribution in [0, 0.1) is 7.14 Å². The zero-order valence-electron chi connectivity index (χ0n) is 23.9. The third-order valence-electron chi connectivity index (χ3n) is 7.35. The largest absolute Gasteiger partial charge is 0.358 e. The van der Waals surface area contributed by atoms with Crippen molar-refractivity contribution in [2.24, 2.45) is 0 Å². The molecule has 0 nitrogen and oxygen atoms in total. The Morgan fingerprint density at radius 3 is 1.70 bits per heavy atom. The molecular formula is C33H40ISi3+. The van der Waals surface area contributed by atoms with E-state index in [1.54, 1.807) is 13.9 Å². The molecule has 0 aromatic heterocycles. The quantitative estimate of drug-likeness (QED) is 0.145. The van der Waals surface area contributed by atoms with E-state index in [0.717, 1.165) is 0 Å². The van der Waals surface area contributed by atoms with E-state index in [0.29, 0.717) is 0 Å². The molecule has 0 amide bonds. The van der Waals surface area contributed by atoms with Crippen LogP contribution in [0.3, 0.4) is 0 Å². The molecule has 0 heterocycles. The summed E-state index contributed by atoms with van der Waals surface area (Å²) < 4.78 is 3.21. The van der Waals surface area contributed by atoms with E-state index in [1.165, 1.54) is 41.1 Å². The first-order valence-corrected chi connectivity index (χ1v) is 26.1. The normalized spacial score (nSPS) is 13.1. The summed E-state index contributed by atoms with van der Waals surface area (Å²) >= 11 is -0.277. The molecule has 0 atom stereocenters. The summed E-state index contributed by atoms with van der Waals surface area (Å²) in [4.78, 5) is 0. The summed E-state index contributed by atoms with van der Waals surface area (Å²) in [5.41, 5.74) is 0. The lowest BCUT2D eigenvalue weighted by Gasteiger charge is -2.28. The lowest BCUT2D eigenvalue weighted by molar-refractivity contribution is -0.593. The van der Waals surface area contributed by atoms with E-state index < -0.39 is 24.2 Å². The number of hydrogen-bond acceptors (Lipinski definition) is 0. The number of benzene rings is 5. The molecule has 0 aliphatic heterocycles. The van der Waals surface area contributed by atoms with E-state index in [4.69, 9.17) is 0 Å². The van der Waals surface area contributed by atoms with Crippen molar-refractivity contribution in [3.05, 3.63) is 86.0 Å². The average Bonchev–Trinajstić information content (AvgIpc) is 2.79. The Bertz CT molecular complexity index is 1630. The van der Waals surface area contributed by atoms with Crippen molar-refractivity contribution in [2.75, 3.05) is 0 Å². The van der Waals surface area contributed by atoms with Crippen LogP contribution in [0.4, 0.5) is 0 Å². The van der Waals surface area contributed by atoms with Crippen LogP contribution in [0.15, 0.2) is 78.9 Å². The summed E-state index contributed by atoms with van der Waals surface area (Å²) in [6.45, 7) is 22.6. The zero-order chi connectivity index (χ0) is 26.8. The second-order valence-electron chi connectivity index (χ2n) is 13.6. The highest BCUT2D eigenvalue weighted by molar-refractivity contribution is 6.98. The number of hydrogen-bond donors (Lipinski definition) is 0. The van der Waals surface area contributed by atoms with Gasteiger partial charge in [0.15, 0.2) is 3.57 Å². The number of rotatable bonds is 5. The Morgan fingerprint density at radius 1 is 0.486 bits per heavy atom. The van der Waals surface area contributed by atoms with E-state index in [1.807, 2.05) is 0 Å². The van der Waals surface area contributed by atoms with E-state index in [9.17, 15) is 0 Å². The highest BCUT2D eigenvalue weighted by Gasteiger charge is 2.37. The smallest absolute Gasteiger partial charge is 0.0656 e. The first kappa shape index (κ1) is 26.9. The third-order valence-corrected chi connectivity index (χ3v) is 17.2. The van der Waals surface area contributed by atoms with Crippen molar-refractivity contribution in [2.45, 2.75) is 58.9 Å². The van der Waals surface area contributed by atoms with Gasteiger partial charge in [-0.25, -0.2) is 0 Å². The van der Waals surface area contributed by atoms with E-state index >= 15 is 0 Å². The number of fused-ring (bicyclic) bond motifs is 3. The molecule has 37 heavy (non-hydrogen) atoms. The highest BCUT2D eigenvalue weighted by Crippen LogP contribution is 2.28. The fourth-order valence-electron chi connectivity index (χ4n) is 5.33. The SMILES string of the molecule is C[Si](C)(C)c1ccc2cc3cc4cc([Si](C)(C)C)c([Si](C)(C)C)c([I+]c5ccccc5)c4cc3cc2c1. The molecule has 0 aliphatic rings. The van der Waals surface area contributed by atoms with Gasteiger partial charge in [-0.2, -0.15) is 0 Å². The fourth-order valence-corrected chi connectivity index (χ4v) is 17.6. The Hall–Kier alpha value is -1.74. The minimum Gasteiger partial charge on any atom is -0.0656 e. The lowest BCUT2D eigenvalue weighted by atomic mass is 10.00. The maximum atomic E-state index is 2.60. The maximum Gasteiger partial charge on any atom is 0.358 e. The molecule has 0 bridgehead atoms. The summed E-state index contributed by atoms with van der Waals surface area (Å²) in [6, 6.07) is 31.0. The maximum absolute atomic E-state index is 2.60. The van der Waals surface area contributed by atoms with Crippen LogP contribution >= 0.6 is 0 Å². The van der Waals surface area contributed by atoms with Crippen LogP contribution in [0.5, 0.6) is 0 Å². The monoisotopic (exact) mass is 647 g/mol. The van der Waals surface area contributed by atoms with Gasteiger partial charge in [0.25, 0.3) is 0 Å². The molecule has 0 radical (unpaired) electrons. The van der Waals surface area contributed by atoms with Crippen LogP contribution in [0.2, 0.25) is 58.9 Å². The Morgan fingerprint density at radius 2 is 1.08 bits per heavy atom. The predicted octanol–water partition coefficient (Wildman–Crippen LogP) is 4.91. The summed E-state index contributed by atoms with van der Waals surface area (Å²) in [7, 11) is -4.46. The standard InChI is InChI=1S/C33H40ISi3/c1-35(2,3)29-16-15-23-17-24-19-27-22-31(36(4,5)6)33(37(7,8)9)32(34-28-13-11-10-12-14-28)30(27)21-26(24)18-25(23)20-29/h10-22H,1-9H3/q+1. The van der Waals surface area contributed by atoms with Gasteiger partial charge >= 0.3 is 21.2 Å². The van der Waals surface area contributed by atoms with Gasteiger partial charge in [-0.05, 0) is 68.5 Å². The van der Waals surface area contributed by atoms with Gasteiger partial charge in [0, 0.05) is 5.39 Å². The second kappa shape index (κ2) is 9.47. The second-order valence-corrected chi connectivity index (χ2v) is 31.6.